The number of halogens is 1. The molecule has 0 radical (unpaired) electrons. The molecular formula is C18H35IN4OS. The van der Waals surface area contributed by atoms with Crippen LogP contribution in [0.5, 0.6) is 0 Å². The first kappa shape index (κ1) is 22.9. The lowest BCUT2D eigenvalue weighted by Gasteiger charge is -2.34. The highest BCUT2D eigenvalue weighted by atomic mass is 127. The van der Waals surface area contributed by atoms with Gasteiger partial charge >= 0.3 is 0 Å². The highest BCUT2D eigenvalue weighted by molar-refractivity contribution is 14.0. The Hall–Kier alpha value is -0.180. The molecule has 5 nitrogen and oxygen atoms in total. The van der Waals surface area contributed by atoms with E-state index in [1.807, 2.05) is 7.05 Å². The predicted octanol–water partition coefficient (Wildman–Crippen LogP) is 3.09. The monoisotopic (exact) mass is 482 g/mol. The van der Waals surface area contributed by atoms with Crippen molar-refractivity contribution >= 4 is 47.6 Å². The summed E-state index contributed by atoms with van der Waals surface area (Å²) in [6, 6.07) is 0. The molecule has 1 saturated heterocycles. The predicted molar refractivity (Wildman–Crippen MR) is 119 cm³/mol. The van der Waals surface area contributed by atoms with Crippen molar-refractivity contribution < 1.29 is 4.79 Å². The molecule has 25 heavy (non-hydrogen) atoms. The van der Waals surface area contributed by atoms with E-state index < -0.39 is 0 Å². The van der Waals surface area contributed by atoms with Gasteiger partial charge in [0.2, 0.25) is 5.91 Å². The van der Waals surface area contributed by atoms with Gasteiger partial charge in [0.1, 0.15) is 0 Å². The van der Waals surface area contributed by atoms with Crippen LogP contribution in [0.1, 0.15) is 51.9 Å². The smallest absolute Gasteiger partial charge is 0.220 e. The van der Waals surface area contributed by atoms with E-state index in [2.05, 4.69) is 39.2 Å². The second kappa shape index (κ2) is 13.1. The number of hydrogen-bond donors (Lipinski definition) is 2. The van der Waals surface area contributed by atoms with Crippen LogP contribution in [0.4, 0.5) is 0 Å². The Balaban J connectivity index is 0.00000312. The van der Waals surface area contributed by atoms with Crippen LogP contribution in [0.2, 0.25) is 0 Å². The van der Waals surface area contributed by atoms with Gasteiger partial charge in [-0.2, -0.15) is 11.8 Å². The van der Waals surface area contributed by atoms with Gasteiger partial charge < -0.3 is 15.5 Å². The second-order valence-corrected chi connectivity index (χ2v) is 8.29. The third kappa shape index (κ3) is 8.37. The lowest BCUT2D eigenvalue weighted by atomic mass is 9.87. The molecule has 0 spiro atoms. The third-order valence-corrected chi connectivity index (χ3v) is 6.41. The number of nitrogens with one attached hydrogen (secondary N) is 2. The van der Waals surface area contributed by atoms with Crippen molar-refractivity contribution in [2.75, 3.05) is 39.0 Å². The Labute approximate surface area is 174 Å². The van der Waals surface area contributed by atoms with Gasteiger partial charge in [-0.05, 0) is 25.2 Å². The zero-order valence-corrected chi connectivity index (χ0v) is 18.9. The number of thioether (sulfide) groups is 1. The zero-order valence-electron chi connectivity index (χ0n) is 15.8. The lowest BCUT2D eigenvalue weighted by molar-refractivity contribution is -0.122. The molecule has 0 bridgehead atoms. The number of amides is 1. The lowest BCUT2D eigenvalue weighted by Crippen LogP contribution is -2.49. The average Bonchev–Trinajstić information content (AvgIpc) is 2.62. The number of hydrogen-bond acceptors (Lipinski definition) is 3. The van der Waals surface area contributed by atoms with Crippen LogP contribution in [0.3, 0.4) is 0 Å². The molecule has 0 aromatic rings. The van der Waals surface area contributed by atoms with E-state index in [1.54, 1.807) is 0 Å². The number of guanidine groups is 1. The highest BCUT2D eigenvalue weighted by Crippen LogP contribution is 2.26. The van der Waals surface area contributed by atoms with Crippen molar-refractivity contribution in [3.05, 3.63) is 0 Å². The molecule has 2 aliphatic rings. The van der Waals surface area contributed by atoms with Crippen LogP contribution in [-0.2, 0) is 4.79 Å². The Bertz CT molecular complexity index is 416. The van der Waals surface area contributed by atoms with Crippen LogP contribution in [0.25, 0.3) is 0 Å². The number of aliphatic imine (C=N–C) groups is 1. The van der Waals surface area contributed by atoms with Crippen LogP contribution < -0.4 is 10.6 Å². The largest absolute Gasteiger partial charge is 0.354 e. The summed E-state index contributed by atoms with van der Waals surface area (Å²) >= 11 is 2.06. The summed E-state index contributed by atoms with van der Waals surface area (Å²) in [5, 5.41) is 7.15. The van der Waals surface area contributed by atoms with E-state index in [4.69, 9.17) is 0 Å². The molecule has 146 valence electrons. The standard InChI is InChI=1S/C18H34N4OS.HI/c1-3-16-14-22(11-12-24-16)18(19-2)21-10-9-20-17(23)13-15-7-5-4-6-8-15;/h15-16H,3-14H2,1-2H3,(H,19,21)(H,20,23);1H. The van der Waals surface area contributed by atoms with Crippen LogP contribution in [0, 0.1) is 5.92 Å². The fourth-order valence-corrected chi connectivity index (χ4v) is 4.77. The molecule has 2 fully saturated rings. The summed E-state index contributed by atoms with van der Waals surface area (Å²) in [7, 11) is 1.84. The summed E-state index contributed by atoms with van der Waals surface area (Å²) < 4.78 is 0. The molecule has 1 atom stereocenters. The molecule has 2 rings (SSSR count). The van der Waals surface area contributed by atoms with Crippen molar-refractivity contribution in [2.45, 2.75) is 57.1 Å². The van der Waals surface area contributed by atoms with Crippen molar-refractivity contribution in [1.29, 1.82) is 0 Å². The summed E-state index contributed by atoms with van der Waals surface area (Å²) in [5.41, 5.74) is 0. The van der Waals surface area contributed by atoms with Crippen molar-refractivity contribution in [1.82, 2.24) is 15.5 Å². The number of rotatable bonds is 6. The van der Waals surface area contributed by atoms with Crippen molar-refractivity contribution in [2.24, 2.45) is 10.9 Å². The molecule has 1 unspecified atom stereocenters. The fraction of sp³-hybridized carbons (Fsp3) is 0.889. The van der Waals surface area contributed by atoms with E-state index in [1.165, 1.54) is 38.5 Å². The van der Waals surface area contributed by atoms with Crippen molar-refractivity contribution in [3.8, 4) is 0 Å². The minimum Gasteiger partial charge on any atom is -0.354 e. The van der Waals surface area contributed by atoms with E-state index in [-0.39, 0.29) is 29.9 Å². The molecule has 1 saturated carbocycles. The Morgan fingerprint density at radius 3 is 2.60 bits per heavy atom. The van der Waals surface area contributed by atoms with E-state index in [9.17, 15) is 4.79 Å². The van der Waals surface area contributed by atoms with Gasteiger partial charge in [0.05, 0.1) is 0 Å². The SMILES string of the molecule is CCC1CN(C(=NC)NCCNC(=O)CC2CCCCC2)CCS1.I. The Morgan fingerprint density at radius 2 is 1.92 bits per heavy atom. The number of carbonyl (C=O) groups excluding carboxylic acids is 1. The third-order valence-electron chi connectivity index (χ3n) is 5.03. The Kier molecular flexibility index (Phi) is 11.9. The van der Waals surface area contributed by atoms with E-state index in [0.29, 0.717) is 24.1 Å². The first-order valence-electron chi connectivity index (χ1n) is 9.56. The van der Waals surface area contributed by atoms with Crippen LogP contribution in [0.15, 0.2) is 4.99 Å². The van der Waals surface area contributed by atoms with Gasteiger partial charge in [0.15, 0.2) is 5.96 Å². The molecule has 1 heterocycles. The highest BCUT2D eigenvalue weighted by Gasteiger charge is 2.21. The fourth-order valence-electron chi connectivity index (χ4n) is 3.59. The van der Waals surface area contributed by atoms with Crippen LogP contribution in [-0.4, -0.2) is 61.0 Å². The molecule has 7 heteroatoms. The molecule has 1 aliphatic heterocycles. The van der Waals surface area contributed by atoms with E-state index >= 15 is 0 Å². The van der Waals surface area contributed by atoms with Gasteiger partial charge in [-0.15, -0.1) is 24.0 Å². The second-order valence-electron chi connectivity index (χ2n) is 6.88. The maximum atomic E-state index is 12.0. The molecule has 0 aromatic carbocycles. The number of carbonyl (C=O) groups is 1. The quantitative estimate of drug-likeness (QED) is 0.265. The van der Waals surface area contributed by atoms with Gasteiger partial charge in [-0.25, -0.2) is 0 Å². The van der Waals surface area contributed by atoms with E-state index in [0.717, 1.165) is 31.3 Å². The minimum absolute atomic E-state index is 0. The molecule has 1 aliphatic carbocycles. The average molecular weight is 482 g/mol. The Morgan fingerprint density at radius 1 is 1.20 bits per heavy atom. The van der Waals surface area contributed by atoms with Crippen molar-refractivity contribution in [3.63, 3.8) is 0 Å². The molecule has 0 aromatic heterocycles. The molecular weight excluding hydrogens is 447 g/mol. The van der Waals surface area contributed by atoms with Gasteiger partial charge in [-0.3, -0.25) is 9.79 Å². The van der Waals surface area contributed by atoms with Crippen LogP contribution >= 0.6 is 35.7 Å². The van der Waals surface area contributed by atoms with Gasteiger partial charge in [-0.1, -0.05) is 26.2 Å². The summed E-state index contributed by atoms with van der Waals surface area (Å²) in [6.07, 6.45) is 8.29. The maximum Gasteiger partial charge on any atom is 0.220 e. The number of nitrogens with zero attached hydrogens (tertiary/aromatic N) is 2. The summed E-state index contributed by atoms with van der Waals surface area (Å²) in [6.45, 7) is 5.77. The topological polar surface area (TPSA) is 56.7 Å². The van der Waals surface area contributed by atoms with Gasteiger partial charge in [0.25, 0.3) is 0 Å². The molecule has 2 N–H and O–H groups in total. The molecule has 1 amide bonds. The summed E-state index contributed by atoms with van der Waals surface area (Å²) in [5.74, 6) is 2.95. The summed E-state index contributed by atoms with van der Waals surface area (Å²) in [4.78, 5) is 18.8. The van der Waals surface area contributed by atoms with Gasteiger partial charge in [0, 0.05) is 50.7 Å². The minimum atomic E-state index is 0. The first-order chi connectivity index (χ1) is 11.7. The normalized spacial score (nSPS) is 22.2. The maximum absolute atomic E-state index is 12.0. The first-order valence-corrected chi connectivity index (χ1v) is 10.6. The zero-order chi connectivity index (χ0) is 17.2.